The molecule has 2 aliphatic heterocycles. The smallest absolute Gasteiger partial charge is 0.337 e. The number of alkyl halides is 5. The molecule has 0 bridgehead atoms. The van der Waals surface area contributed by atoms with Gasteiger partial charge in [-0.3, -0.25) is 9.59 Å². The summed E-state index contributed by atoms with van der Waals surface area (Å²) in [4.78, 5) is 28.0. The second-order valence-corrected chi connectivity index (χ2v) is 11.0. The van der Waals surface area contributed by atoms with Gasteiger partial charge in [0.15, 0.2) is 6.17 Å². The average Bonchev–Trinajstić information content (AvgIpc) is 3.41. The Labute approximate surface area is 226 Å². The number of rotatable bonds is 4. The number of benzene rings is 2. The summed E-state index contributed by atoms with van der Waals surface area (Å²) < 4.78 is 92.9. The van der Waals surface area contributed by atoms with E-state index in [4.69, 9.17) is 15.7 Å². The van der Waals surface area contributed by atoms with Crippen LogP contribution < -0.4 is 0 Å². The van der Waals surface area contributed by atoms with Gasteiger partial charge in [-0.15, -0.1) is 0 Å². The minimum atomic E-state index is -5.11. The SMILES string of the molecule is [2H]C([2H])([2H])N1C(=O)[C@@H](F)C[C@H]1C(=O)N1CCC2(Cc3ccc(Cl)cc3)c3ccc(C(C)(F)C(F)(F)F)cc3CCC12. The lowest BCUT2D eigenvalue weighted by atomic mass is 9.63. The first-order valence-corrected chi connectivity index (χ1v) is 12.8. The minimum absolute atomic E-state index is 0.165. The first-order chi connectivity index (χ1) is 19.0. The molecule has 204 valence electrons. The first kappa shape index (κ1) is 23.2. The summed E-state index contributed by atoms with van der Waals surface area (Å²) in [5.41, 5.74) is -2.81. The van der Waals surface area contributed by atoms with Crippen LogP contribution in [0.2, 0.25) is 5.02 Å². The van der Waals surface area contributed by atoms with Gasteiger partial charge in [0.05, 0.1) is 0 Å². The van der Waals surface area contributed by atoms with Crippen molar-refractivity contribution >= 4 is 23.4 Å². The second-order valence-electron chi connectivity index (χ2n) is 10.6. The molecular formula is C28H28ClF5N2O2. The predicted octanol–water partition coefficient (Wildman–Crippen LogP) is 5.68. The van der Waals surface area contributed by atoms with E-state index >= 15 is 0 Å². The van der Waals surface area contributed by atoms with E-state index in [1.165, 1.54) is 17.0 Å². The molecule has 2 aromatic carbocycles. The summed E-state index contributed by atoms with van der Waals surface area (Å²) in [6, 6.07) is 8.86. The maximum Gasteiger partial charge on any atom is 0.426 e. The molecule has 4 nitrogen and oxygen atoms in total. The van der Waals surface area contributed by atoms with Gasteiger partial charge >= 0.3 is 6.18 Å². The van der Waals surface area contributed by atoms with Crippen LogP contribution in [-0.2, 0) is 33.5 Å². The molecule has 1 aliphatic carbocycles. The largest absolute Gasteiger partial charge is 0.426 e. The van der Waals surface area contributed by atoms with Crippen molar-refractivity contribution in [2.75, 3.05) is 13.5 Å². The molecule has 2 heterocycles. The van der Waals surface area contributed by atoms with Crippen LogP contribution >= 0.6 is 11.6 Å². The van der Waals surface area contributed by atoms with Crippen molar-refractivity contribution in [2.45, 2.75) is 74.5 Å². The van der Waals surface area contributed by atoms with Gasteiger partial charge in [0.1, 0.15) is 6.04 Å². The summed E-state index contributed by atoms with van der Waals surface area (Å²) in [6.07, 6.45) is -6.51. The molecule has 10 heteroatoms. The summed E-state index contributed by atoms with van der Waals surface area (Å²) >= 11 is 6.06. The maximum absolute atomic E-state index is 14.9. The van der Waals surface area contributed by atoms with E-state index in [0.29, 0.717) is 47.2 Å². The van der Waals surface area contributed by atoms with E-state index in [2.05, 4.69) is 0 Å². The van der Waals surface area contributed by atoms with Crippen LogP contribution in [-0.4, -0.2) is 59.6 Å². The summed E-state index contributed by atoms with van der Waals surface area (Å²) in [5, 5.41) is 0.505. The number of amides is 2. The van der Waals surface area contributed by atoms with Crippen LogP contribution in [0.15, 0.2) is 42.5 Å². The fraction of sp³-hybridized carbons (Fsp3) is 0.500. The molecule has 3 aliphatic rings. The lowest BCUT2D eigenvalue weighted by Crippen LogP contribution is -2.53. The zero-order valence-electron chi connectivity index (χ0n) is 23.5. The molecule has 0 N–H and O–H groups in total. The highest BCUT2D eigenvalue weighted by Crippen LogP contribution is 2.51. The Morgan fingerprint density at radius 2 is 1.89 bits per heavy atom. The van der Waals surface area contributed by atoms with Crippen molar-refractivity contribution in [3.8, 4) is 0 Å². The van der Waals surface area contributed by atoms with E-state index < -0.39 is 66.3 Å². The quantitative estimate of drug-likeness (QED) is 0.454. The number of halogens is 6. The molecule has 2 amide bonds. The molecule has 2 saturated heterocycles. The molecule has 3 unspecified atom stereocenters. The van der Waals surface area contributed by atoms with Gasteiger partial charge in [-0.05, 0) is 67.0 Å². The maximum atomic E-state index is 14.9. The van der Waals surface area contributed by atoms with Gasteiger partial charge in [-0.25, -0.2) is 8.78 Å². The first-order valence-electron chi connectivity index (χ1n) is 13.9. The van der Waals surface area contributed by atoms with E-state index in [9.17, 15) is 31.5 Å². The van der Waals surface area contributed by atoms with E-state index in [-0.39, 0.29) is 13.0 Å². The Hall–Kier alpha value is -2.68. The highest BCUT2D eigenvalue weighted by Gasteiger charge is 2.56. The average molecular weight is 558 g/mol. The van der Waals surface area contributed by atoms with Gasteiger partial charge in [-0.2, -0.15) is 13.2 Å². The van der Waals surface area contributed by atoms with Crippen LogP contribution in [0.4, 0.5) is 22.0 Å². The monoisotopic (exact) mass is 557 g/mol. The standard InChI is InChI=1S/C28H28ClF5N2O2/c1-26(31,28(32,33)34)18-6-9-20-17(13-18)5-10-23-27(20,15-16-3-7-19(29)8-4-16)11-12-36(23)25(38)22-14-21(30)24(37)35(22)2/h3-4,6-9,13,21-23H,5,10-12,14-15H2,1-2H3/t21-,22-,23?,26?,27?/m0/s1/i2D3. The van der Waals surface area contributed by atoms with E-state index in [1.807, 2.05) is 12.1 Å². The van der Waals surface area contributed by atoms with Crippen LogP contribution in [0.1, 0.15) is 52.6 Å². The van der Waals surface area contributed by atoms with Crippen molar-refractivity contribution in [2.24, 2.45) is 0 Å². The highest BCUT2D eigenvalue weighted by atomic mass is 35.5. The molecule has 2 fully saturated rings. The number of fused-ring (bicyclic) bond motifs is 3. The fourth-order valence-electron chi connectivity index (χ4n) is 6.36. The van der Waals surface area contributed by atoms with Crippen molar-refractivity contribution in [3.05, 3.63) is 69.7 Å². The third-order valence-electron chi connectivity index (χ3n) is 8.46. The van der Waals surface area contributed by atoms with Gasteiger partial charge in [0, 0.05) is 40.5 Å². The van der Waals surface area contributed by atoms with Crippen molar-refractivity contribution in [3.63, 3.8) is 0 Å². The third kappa shape index (κ3) is 4.17. The van der Waals surface area contributed by atoms with Crippen molar-refractivity contribution in [1.29, 1.82) is 0 Å². The summed E-state index contributed by atoms with van der Waals surface area (Å²) in [6.45, 7) is -2.36. The Morgan fingerprint density at radius 1 is 1.18 bits per heavy atom. The van der Waals surface area contributed by atoms with Crippen LogP contribution in [0.3, 0.4) is 0 Å². The number of carbonyl (C=O) groups excluding carboxylic acids is 2. The van der Waals surface area contributed by atoms with Gasteiger partial charge < -0.3 is 9.80 Å². The molecular weight excluding hydrogens is 527 g/mol. The predicted molar refractivity (Wildman–Crippen MR) is 132 cm³/mol. The number of hydrogen-bond donors (Lipinski definition) is 0. The number of carbonyl (C=O) groups is 2. The molecule has 0 saturated carbocycles. The number of nitrogens with zero attached hydrogens (tertiary/aromatic N) is 2. The van der Waals surface area contributed by atoms with Gasteiger partial charge in [-0.1, -0.05) is 41.9 Å². The van der Waals surface area contributed by atoms with Crippen LogP contribution in [0.5, 0.6) is 0 Å². The Bertz CT molecular complexity index is 1370. The molecule has 2 aromatic rings. The highest BCUT2D eigenvalue weighted by molar-refractivity contribution is 6.30. The van der Waals surface area contributed by atoms with Crippen molar-refractivity contribution < 1.29 is 35.7 Å². The number of aryl methyl sites for hydroxylation is 1. The Morgan fingerprint density at radius 3 is 2.55 bits per heavy atom. The van der Waals surface area contributed by atoms with Crippen LogP contribution in [0.25, 0.3) is 0 Å². The lowest BCUT2D eigenvalue weighted by Gasteiger charge is -2.44. The molecule has 0 radical (unpaired) electrons. The number of hydrogen-bond acceptors (Lipinski definition) is 2. The van der Waals surface area contributed by atoms with E-state index in [0.717, 1.165) is 11.6 Å². The summed E-state index contributed by atoms with van der Waals surface area (Å²) in [5.74, 6) is -1.93. The molecule has 0 spiro atoms. The molecule has 38 heavy (non-hydrogen) atoms. The Balaban J connectivity index is 1.56. The fourth-order valence-corrected chi connectivity index (χ4v) is 6.49. The van der Waals surface area contributed by atoms with Gasteiger partial charge in [0.2, 0.25) is 11.6 Å². The lowest BCUT2D eigenvalue weighted by molar-refractivity contribution is -0.228. The molecule has 5 rings (SSSR count). The summed E-state index contributed by atoms with van der Waals surface area (Å²) in [7, 11) is 0. The van der Waals surface area contributed by atoms with Gasteiger partial charge in [0.25, 0.3) is 5.91 Å². The van der Waals surface area contributed by atoms with E-state index in [1.54, 1.807) is 12.1 Å². The Kier molecular flexibility index (Phi) is 5.63. The zero-order chi connectivity index (χ0) is 30.1. The number of likely N-dealkylation sites (N-methyl/N-ethyl adjacent to an activating group) is 1. The number of likely N-dealkylation sites (tertiary alicyclic amines) is 2. The van der Waals surface area contributed by atoms with Crippen LogP contribution in [0, 0.1) is 0 Å². The topological polar surface area (TPSA) is 40.6 Å². The van der Waals surface area contributed by atoms with Crippen molar-refractivity contribution in [1.82, 2.24) is 9.80 Å². The zero-order valence-corrected chi connectivity index (χ0v) is 21.3. The molecule has 5 atom stereocenters. The normalized spacial score (nSPS) is 30.2. The third-order valence-corrected chi connectivity index (χ3v) is 8.72. The second kappa shape index (κ2) is 9.21. The molecule has 0 aromatic heterocycles. The minimum Gasteiger partial charge on any atom is -0.337 e.